The van der Waals surface area contributed by atoms with Gasteiger partial charge in [-0.3, -0.25) is 9.59 Å². The number of fused-ring (bicyclic) bond motifs is 2. The number of anilines is 1. The third-order valence-electron chi connectivity index (χ3n) is 5.61. The van der Waals surface area contributed by atoms with Crippen LogP contribution >= 0.6 is 0 Å². The largest absolute Gasteiger partial charge is 0.396 e. The topological polar surface area (TPSA) is 117 Å². The lowest BCUT2D eigenvalue weighted by Gasteiger charge is -2.16. The molecule has 0 unspecified atom stereocenters. The van der Waals surface area contributed by atoms with E-state index in [1.54, 1.807) is 37.3 Å². The Morgan fingerprint density at radius 3 is 2.61 bits per heavy atom. The molecule has 2 aromatic carbocycles. The number of nitrogens with one attached hydrogen (secondary N) is 2. The number of nitrogens with two attached hydrogens (primary N) is 1. The highest BCUT2D eigenvalue weighted by Gasteiger charge is 2.18. The van der Waals surface area contributed by atoms with Crippen LogP contribution in [0.25, 0.3) is 33.3 Å². The first-order valence-electron chi connectivity index (χ1n) is 9.97. The van der Waals surface area contributed by atoms with Crippen LogP contribution in [0.5, 0.6) is 0 Å². The summed E-state index contributed by atoms with van der Waals surface area (Å²) < 4.78 is 5.04. The number of ether oxygens (including phenoxy) is 1. The van der Waals surface area contributed by atoms with Crippen molar-refractivity contribution >= 4 is 33.5 Å². The molecule has 160 valence electrons. The van der Waals surface area contributed by atoms with Gasteiger partial charge in [0.1, 0.15) is 0 Å². The number of carbonyl (C=O) groups is 1. The normalized spacial score (nSPS) is 11.4. The Kier molecular flexibility index (Phi) is 5.24. The monoisotopic (exact) mass is 419 g/mol. The van der Waals surface area contributed by atoms with Crippen LogP contribution in [0.2, 0.25) is 0 Å². The van der Waals surface area contributed by atoms with E-state index in [2.05, 4.69) is 15.0 Å². The van der Waals surface area contributed by atoms with E-state index in [1.165, 1.54) is 0 Å². The van der Waals surface area contributed by atoms with Crippen molar-refractivity contribution in [3.63, 3.8) is 0 Å². The van der Waals surface area contributed by atoms with Crippen molar-refractivity contribution in [1.82, 2.24) is 19.9 Å². The molecule has 8 nitrogen and oxygen atoms in total. The van der Waals surface area contributed by atoms with Crippen LogP contribution in [0.15, 0.2) is 35.1 Å². The predicted molar refractivity (Wildman–Crippen MR) is 122 cm³/mol. The second-order valence-electron chi connectivity index (χ2n) is 7.76. The molecule has 0 aliphatic carbocycles. The average Bonchev–Trinajstić information content (AvgIpc) is 3.08. The SMILES string of the molecule is COCCN(C)C(=O)c1ccc2c(N)c(-c3nc4cc(C)c(C)cc4[nH]c3=O)[nH]c2c1. The van der Waals surface area contributed by atoms with Gasteiger partial charge in [0.15, 0.2) is 5.69 Å². The standard InChI is InChI=1S/C23H25N5O3/c1-12-9-17-18(10-13(12)2)27-22(29)21(26-17)20-19(24)15-6-5-14(11-16(15)25-20)23(30)28(3)7-8-31-4/h5-6,9-11,25H,7-8,24H2,1-4H3,(H,27,29). The molecular weight excluding hydrogens is 394 g/mol. The number of hydrogen-bond donors (Lipinski definition) is 3. The summed E-state index contributed by atoms with van der Waals surface area (Å²) in [5.74, 6) is -0.124. The molecule has 0 saturated carbocycles. The van der Waals surface area contributed by atoms with E-state index in [4.69, 9.17) is 10.5 Å². The second-order valence-corrected chi connectivity index (χ2v) is 7.76. The average molecular weight is 419 g/mol. The van der Waals surface area contributed by atoms with Crippen LogP contribution in [0, 0.1) is 13.8 Å². The van der Waals surface area contributed by atoms with Crippen molar-refractivity contribution in [2.75, 3.05) is 33.0 Å². The van der Waals surface area contributed by atoms with Crippen LogP contribution in [0.4, 0.5) is 5.69 Å². The lowest BCUT2D eigenvalue weighted by Crippen LogP contribution is -2.29. The second kappa shape index (κ2) is 7.88. The lowest BCUT2D eigenvalue weighted by atomic mass is 10.1. The van der Waals surface area contributed by atoms with Crippen molar-refractivity contribution in [2.24, 2.45) is 0 Å². The van der Waals surface area contributed by atoms with Gasteiger partial charge in [-0.25, -0.2) is 4.98 Å². The zero-order chi connectivity index (χ0) is 22.3. The lowest BCUT2D eigenvalue weighted by molar-refractivity contribution is 0.0744. The zero-order valence-electron chi connectivity index (χ0n) is 18.0. The molecular formula is C23H25N5O3. The Morgan fingerprint density at radius 2 is 1.87 bits per heavy atom. The minimum atomic E-state index is -0.329. The molecule has 1 amide bonds. The highest BCUT2D eigenvalue weighted by Crippen LogP contribution is 2.31. The minimum absolute atomic E-state index is 0.124. The Morgan fingerprint density at radius 1 is 1.13 bits per heavy atom. The number of aromatic nitrogens is 3. The first-order chi connectivity index (χ1) is 14.8. The smallest absolute Gasteiger partial charge is 0.276 e. The number of methoxy groups -OCH3 is 1. The van der Waals surface area contributed by atoms with E-state index in [0.717, 1.165) is 16.5 Å². The van der Waals surface area contributed by atoms with Crippen LogP contribution in [-0.2, 0) is 4.74 Å². The van der Waals surface area contributed by atoms with E-state index < -0.39 is 0 Å². The number of nitrogens with zero attached hydrogens (tertiary/aromatic N) is 2. The first-order valence-corrected chi connectivity index (χ1v) is 9.97. The number of hydrogen-bond acceptors (Lipinski definition) is 5. The van der Waals surface area contributed by atoms with Crippen LogP contribution in [0.1, 0.15) is 21.5 Å². The highest BCUT2D eigenvalue weighted by molar-refractivity contribution is 6.04. The van der Waals surface area contributed by atoms with Crippen molar-refractivity contribution in [2.45, 2.75) is 13.8 Å². The molecule has 31 heavy (non-hydrogen) atoms. The van der Waals surface area contributed by atoms with Gasteiger partial charge in [-0.15, -0.1) is 0 Å². The molecule has 0 aliphatic rings. The number of nitrogen functional groups attached to an aromatic ring is 1. The van der Waals surface area contributed by atoms with Crippen molar-refractivity contribution in [3.8, 4) is 11.4 Å². The number of rotatable bonds is 5. The van der Waals surface area contributed by atoms with Gasteiger partial charge in [-0.2, -0.15) is 0 Å². The molecule has 0 radical (unpaired) electrons. The quantitative estimate of drug-likeness (QED) is 0.460. The van der Waals surface area contributed by atoms with Crippen molar-refractivity contribution in [3.05, 3.63) is 57.4 Å². The van der Waals surface area contributed by atoms with Gasteiger partial charge in [-0.1, -0.05) is 0 Å². The Labute approximate surface area is 179 Å². The number of benzene rings is 2. The molecule has 2 heterocycles. The van der Waals surface area contributed by atoms with E-state index in [-0.39, 0.29) is 17.2 Å². The predicted octanol–water partition coefficient (Wildman–Crippen LogP) is 2.99. The van der Waals surface area contributed by atoms with E-state index in [9.17, 15) is 9.59 Å². The number of carbonyl (C=O) groups excluding carboxylic acids is 1. The van der Waals surface area contributed by atoms with Gasteiger partial charge < -0.3 is 25.3 Å². The number of aromatic amines is 2. The summed E-state index contributed by atoms with van der Waals surface area (Å²) in [5, 5.41) is 0.729. The fourth-order valence-electron chi connectivity index (χ4n) is 3.60. The maximum atomic E-state index is 12.8. The van der Waals surface area contributed by atoms with Crippen LogP contribution in [-0.4, -0.2) is 53.1 Å². The van der Waals surface area contributed by atoms with Gasteiger partial charge in [-0.05, 0) is 55.3 Å². The molecule has 0 saturated heterocycles. The fraction of sp³-hybridized carbons (Fsp3) is 0.261. The summed E-state index contributed by atoms with van der Waals surface area (Å²) in [5.41, 5.74) is 11.8. The van der Waals surface area contributed by atoms with Gasteiger partial charge in [0.25, 0.3) is 11.5 Å². The number of likely N-dealkylation sites (N-methyl/N-ethyl adjacent to an activating group) is 1. The first kappa shape index (κ1) is 20.6. The van der Waals surface area contributed by atoms with E-state index in [0.29, 0.717) is 46.6 Å². The minimum Gasteiger partial charge on any atom is -0.396 e. The maximum Gasteiger partial charge on any atom is 0.276 e. The van der Waals surface area contributed by atoms with E-state index >= 15 is 0 Å². The Hall–Kier alpha value is -3.65. The Balaban J connectivity index is 1.79. The number of amides is 1. The summed E-state index contributed by atoms with van der Waals surface area (Å²) >= 11 is 0. The number of aryl methyl sites for hydroxylation is 2. The highest BCUT2D eigenvalue weighted by atomic mass is 16.5. The van der Waals surface area contributed by atoms with Gasteiger partial charge >= 0.3 is 0 Å². The molecule has 0 aliphatic heterocycles. The zero-order valence-corrected chi connectivity index (χ0v) is 18.0. The van der Waals surface area contributed by atoms with Crippen LogP contribution in [0.3, 0.4) is 0 Å². The molecule has 0 bridgehead atoms. The number of H-pyrrole nitrogens is 2. The fourth-order valence-corrected chi connectivity index (χ4v) is 3.60. The summed E-state index contributed by atoms with van der Waals surface area (Å²) in [6.45, 7) is 4.93. The van der Waals surface area contributed by atoms with Gasteiger partial charge in [0.05, 0.1) is 29.0 Å². The Bertz CT molecular complexity index is 1370. The van der Waals surface area contributed by atoms with Crippen molar-refractivity contribution in [1.29, 1.82) is 0 Å². The third-order valence-corrected chi connectivity index (χ3v) is 5.61. The molecule has 0 fully saturated rings. The van der Waals surface area contributed by atoms with Crippen molar-refractivity contribution < 1.29 is 9.53 Å². The molecule has 4 rings (SSSR count). The summed E-state index contributed by atoms with van der Waals surface area (Å²) in [6.07, 6.45) is 0. The van der Waals surface area contributed by atoms with E-state index in [1.807, 2.05) is 26.0 Å². The summed E-state index contributed by atoms with van der Waals surface area (Å²) in [4.78, 5) is 37.7. The molecule has 0 atom stereocenters. The third kappa shape index (κ3) is 3.66. The van der Waals surface area contributed by atoms with Gasteiger partial charge in [0, 0.05) is 37.2 Å². The summed E-state index contributed by atoms with van der Waals surface area (Å²) in [6, 6.07) is 9.10. The molecule has 4 N–H and O–H groups in total. The van der Waals surface area contributed by atoms with Gasteiger partial charge in [0.2, 0.25) is 0 Å². The molecule has 8 heteroatoms. The molecule has 2 aromatic heterocycles. The molecule has 0 spiro atoms. The van der Waals surface area contributed by atoms with Crippen LogP contribution < -0.4 is 11.3 Å². The molecule has 4 aromatic rings. The summed E-state index contributed by atoms with van der Waals surface area (Å²) in [7, 11) is 3.32. The maximum absolute atomic E-state index is 12.8.